The van der Waals surface area contributed by atoms with Crippen molar-refractivity contribution in [2.75, 3.05) is 6.16 Å². The van der Waals surface area contributed by atoms with Gasteiger partial charge in [-0.1, -0.05) is 37.3 Å². The number of hydrogen-bond donors (Lipinski definition) is 2. The van der Waals surface area contributed by atoms with Crippen LogP contribution in [-0.4, -0.2) is 11.1 Å². The van der Waals surface area contributed by atoms with Gasteiger partial charge in [-0.15, -0.1) is 0 Å². The van der Waals surface area contributed by atoms with Crippen molar-refractivity contribution in [1.29, 1.82) is 0 Å². The third kappa shape index (κ3) is 2.41. The van der Waals surface area contributed by atoms with Crippen LogP contribution in [0.3, 0.4) is 0 Å². The van der Waals surface area contributed by atoms with Crippen LogP contribution in [0.15, 0.2) is 30.3 Å². The van der Waals surface area contributed by atoms with Gasteiger partial charge in [0.2, 0.25) is 7.37 Å². The summed E-state index contributed by atoms with van der Waals surface area (Å²) in [5.74, 6) is -0.751. The van der Waals surface area contributed by atoms with Crippen LogP contribution in [0.5, 0.6) is 0 Å². The molecule has 0 fully saturated rings. The van der Waals surface area contributed by atoms with Crippen molar-refractivity contribution < 1.29 is 9.46 Å². The Morgan fingerprint density at radius 2 is 2.00 bits per heavy atom. The molecule has 1 aromatic rings. The maximum atomic E-state index is 11.5. The molecule has 72 valence electrons. The van der Waals surface area contributed by atoms with E-state index in [1.807, 2.05) is 18.2 Å². The molecular formula is C9H14NO2P. The third-order valence-corrected chi connectivity index (χ3v) is 4.10. The van der Waals surface area contributed by atoms with Crippen molar-refractivity contribution in [1.82, 2.24) is 0 Å². The van der Waals surface area contributed by atoms with E-state index in [1.54, 1.807) is 19.1 Å². The lowest BCUT2D eigenvalue weighted by molar-refractivity contribution is 0.466. The van der Waals surface area contributed by atoms with Gasteiger partial charge in [-0.2, -0.15) is 0 Å². The minimum Gasteiger partial charge on any atom is -0.343 e. The molecule has 1 unspecified atom stereocenters. The monoisotopic (exact) mass is 199 g/mol. The van der Waals surface area contributed by atoms with Gasteiger partial charge in [-0.25, -0.2) is 0 Å². The molecule has 1 aromatic carbocycles. The summed E-state index contributed by atoms with van der Waals surface area (Å²) in [6.45, 7) is 1.67. The first-order valence-electron chi connectivity index (χ1n) is 4.20. The zero-order chi connectivity index (χ0) is 9.90. The van der Waals surface area contributed by atoms with Gasteiger partial charge < -0.3 is 10.6 Å². The van der Waals surface area contributed by atoms with Crippen LogP contribution in [0.25, 0.3) is 0 Å². The highest BCUT2D eigenvalue weighted by atomic mass is 31.2. The van der Waals surface area contributed by atoms with Crippen LogP contribution in [0, 0.1) is 0 Å². The van der Waals surface area contributed by atoms with Crippen LogP contribution < -0.4 is 5.73 Å². The SMILES string of the molecule is CCP(=O)(O)[C@H](N)c1ccccc1. The van der Waals surface area contributed by atoms with Crippen molar-refractivity contribution in [2.24, 2.45) is 5.73 Å². The van der Waals surface area contributed by atoms with Gasteiger partial charge in [-0.3, -0.25) is 4.57 Å². The van der Waals surface area contributed by atoms with Crippen molar-refractivity contribution in [3.8, 4) is 0 Å². The van der Waals surface area contributed by atoms with E-state index >= 15 is 0 Å². The molecule has 0 aliphatic heterocycles. The van der Waals surface area contributed by atoms with Crippen molar-refractivity contribution in [3.63, 3.8) is 0 Å². The van der Waals surface area contributed by atoms with E-state index in [-0.39, 0.29) is 6.16 Å². The number of rotatable bonds is 3. The van der Waals surface area contributed by atoms with Crippen LogP contribution in [0.4, 0.5) is 0 Å². The molecular weight excluding hydrogens is 185 g/mol. The molecule has 0 amide bonds. The van der Waals surface area contributed by atoms with Crippen LogP contribution in [0.1, 0.15) is 18.3 Å². The second-order valence-corrected chi connectivity index (χ2v) is 5.63. The lowest BCUT2D eigenvalue weighted by atomic mass is 10.2. The van der Waals surface area contributed by atoms with E-state index in [9.17, 15) is 9.46 Å². The number of hydrogen-bond acceptors (Lipinski definition) is 2. The summed E-state index contributed by atoms with van der Waals surface area (Å²) >= 11 is 0. The van der Waals surface area contributed by atoms with Crippen LogP contribution in [0.2, 0.25) is 0 Å². The van der Waals surface area contributed by atoms with Gasteiger partial charge >= 0.3 is 0 Å². The van der Waals surface area contributed by atoms with Crippen molar-refractivity contribution >= 4 is 7.37 Å². The summed E-state index contributed by atoms with van der Waals surface area (Å²) in [6.07, 6.45) is 0.211. The topological polar surface area (TPSA) is 63.3 Å². The first-order valence-corrected chi connectivity index (χ1v) is 6.11. The zero-order valence-electron chi connectivity index (χ0n) is 7.55. The fourth-order valence-corrected chi connectivity index (χ4v) is 2.11. The Morgan fingerprint density at radius 3 is 2.46 bits per heavy atom. The van der Waals surface area contributed by atoms with Crippen LogP contribution in [-0.2, 0) is 4.57 Å². The molecule has 2 atom stereocenters. The van der Waals surface area contributed by atoms with E-state index in [4.69, 9.17) is 5.73 Å². The summed E-state index contributed by atoms with van der Waals surface area (Å²) in [6, 6.07) is 9.01. The predicted octanol–water partition coefficient (Wildman–Crippen LogP) is 1.93. The quantitative estimate of drug-likeness (QED) is 0.731. The first kappa shape index (κ1) is 10.5. The van der Waals surface area contributed by atoms with E-state index in [2.05, 4.69) is 0 Å². The molecule has 0 bridgehead atoms. The van der Waals surface area contributed by atoms with Gasteiger partial charge in [-0.05, 0) is 5.56 Å². The van der Waals surface area contributed by atoms with Gasteiger partial charge in [0.05, 0.1) is 0 Å². The van der Waals surface area contributed by atoms with Gasteiger partial charge in [0.15, 0.2) is 0 Å². The molecule has 0 radical (unpaired) electrons. The molecule has 0 aliphatic rings. The maximum Gasteiger partial charge on any atom is 0.220 e. The Bertz CT molecular complexity index is 313. The molecule has 4 heteroatoms. The molecule has 0 saturated heterocycles. The molecule has 0 saturated carbocycles. The Kier molecular flexibility index (Phi) is 3.26. The molecule has 3 N–H and O–H groups in total. The number of nitrogens with two attached hydrogens (primary N) is 1. The smallest absolute Gasteiger partial charge is 0.220 e. The zero-order valence-corrected chi connectivity index (χ0v) is 8.45. The second kappa shape index (κ2) is 4.05. The summed E-state index contributed by atoms with van der Waals surface area (Å²) < 4.78 is 11.5. The minimum absolute atomic E-state index is 0.211. The highest BCUT2D eigenvalue weighted by molar-refractivity contribution is 7.58. The van der Waals surface area contributed by atoms with Gasteiger partial charge in [0, 0.05) is 6.16 Å². The number of benzene rings is 1. The highest BCUT2D eigenvalue weighted by Gasteiger charge is 2.26. The summed E-state index contributed by atoms with van der Waals surface area (Å²) in [7, 11) is -3.21. The fraction of sp³-hybridized carbons (Fsp3) is 0.333. The van der Waals surface area contributed by atoms with Crippen molar-refractivity contribution in [3.05, 3.63) is 35.9 Å². The standard InChI is InChI=1S/C9H14NO2P/c1-2-13(11,12)9(10)8-6-4-3-5-7-8/h3-7,9H,2,10H2,1H3,(H,11,12)/t9-/m0/s1. The maximum absolute atomic E-state index is 11.5. The van der Waals surface area contributed by atoms with Crippen molar-refractivity contribution in [2.45, 2.75) is 12.7 Å². The summed E-state index contributed by atoms with van der Waals surface area (Å²) in [5, 5.41) is 0. The summed E-state index contributed by atoms with van der Waals surface area (Å²) in [5.41, 5.74) is 6.39. The van der Waals surface area contributed by atoms with Gasteiger partial charge in [0.1, 0.15) is 5.78 Å². The first-order chi connectivity index (χ1) is 6.08. The largest absolute Gasteiger partial charge is 0.343 e. The molecule has 1 rings (SSSR count). The molecule has 0 aliphatic carbocycles. The fourth-order valence-electron chi connectivity index (χ4n) is 1.08. The average Bonchev–Trinajstić information content (AvgIpc) is 2.18. The lowest BCUT2D eigenvalue weighted by Crippen LogP contribution is -2.11. The second-order valence-electron chi connectivity index (χ2n) is 2.93. The highest BCUT2D eigenvalue weighted by Crippen LogP contribution is 2.51. The van der Waals surface area contributed by atoms with Crippen LogP contribution >= 0.6 is 7.37 Å². The molecule has 3 nitrogen and oxygen atoms in total. The minimum atomic E-state index is -3.21. The Morgan fingerprint density at radius 1 is 1.46 bits per heavy atom. The Balaban J connectivity index is 2.92. The van der Waals surface area contributed by atoms with E-state index < -0.39 is 13.2 Å². The molecule has 13 heavy (non-hydrogen) atoms. The van der Waals surface area contributed by atoms with E-state index in [0.717, 1.165) is 5.56 Å². The van der Waals surface area contributed by atoms with Gasteiger partial charge in [0.25, 0.3) is 0 Å². The predicted molar refractivity (Wildman–Crippen MR) is 53.7 cm³/mol. The molecule has 0 heterocycles. The third-order valence-electron chi connectivity index (χ3n) is 2.03. The Labute approximate surface area is 78.0 Å². The molecule has 0 spiro atoms. The average molecular weight is 199 g/mol. The normalized spacial score (nSPS) is 17.8. The van der Waals surface area contributed by atoms with E-state index in [0.29, 0.717) is 0 Å². The van der Waals surface area contributed by atoms with E-state index in [1.165, 1.54) is 0 Å². The molecule has 0 aromatic heterocycles. The summed E-state index contributed by atoms with van der Waals surface area (Å²) in [4.78, 5) is 9.48. The Hall–Kier alpha value is -0.630. The lowest BCUT2D eigenvalue weighted by Gasteiger charge is -2.17.